The number of rotatable bonds is 5. The fourth-order valence-corrected chi connectivity index (χ4v) is 2.30. The molecule has 0 fully saturated rings. The first-order chi connectivity index (χ1) is 9.22. The molecule has 0 spiro atoms. The maximum absolute atomic E-state index is 13.2. The zero-order valence-electron chi connectivity index (χ0n) is 11.5. The van der Waals surface area contributed by atoms with Gasteiger partial charge in [-0.1, -0.05) is 43.3 Å². The van der Waals surface area contributed by atoms with Gasteiger partial charge in [0.2, 0.25) is 0 Å². The van der Waals surface area contributed by atoms with Gasteiger partial charge in [0.15, 0.2) is 0 Å². The second-order valence-corrected chi connectivity index (χ2v) is 4.80. The average Bonchev–Trinajstić information content (AvgIpc) is 2.42. The Balaban J connectivity index is 2.37. The Morgan fingerprint density at radius 1 is 1.11 bits per heavy atom. The minimum absolute atomic E-state index is 0.127. The van der Waals surface area contributed by atoms with Gasteiger partial charge in [-0.15, -0.1) is 0 Å². The highest BCUT2D eigenvalue weighted by atomic mass is 19.1. The Kier molecular flexibility index (Phi) is 4.69. The van der Waals surface area contributed by atoms with Gasteiger partial charge in [0.1, 0.15) is 5.82 Å². The molecule has 0 aromatic heterocycles. The van der Waals surface area contributed by atoms with E-state index in [0.717, 1.165) is 24.1 Å². The van der Waals surface area contributed by atoms with Crippen molar-refractivity contribution in [2.24, 2.45) is 0 Å². The summed E-state index contributed by atoms with van der Waals surface area (Å²) in [5.41, 5.74) is 3.34. The van der Waals surface area contributed by atoms with Crippen LogP contribution in [-0.4, -0.2) is 6.54 Å². The van der Waals surface area contributed by atoms with Crippen molar-refractivity contribution in [3.05, 3.63) is 71.0 Å². The van der Waals surface area contributed by atoms with E-state index < -0.39 is 0 Å². The molecule has 0 aliphatic carbocycles. The molecule has 2 aromatic carbocycles. The van der Waals surface area contributed by atoms with Crippen molar-refractivity contribution in [1.82, 2.24) is 5.32 Å². The highest BCUT2D eigenvalue weighted by Crippen LogP contribution is 2.25. The number of nitrogens with one attached hydrogen (secondary N) is 1. The van der Waals surface area contributed by atoms with Crippen LogP contribution in [0.3, 0.4) is 0 Å². The van der Waals surface area contributed by atoms with E-state index in [1.165, 1.54) is 11.6 Å². The van der Waals surface area contributed by atoms with Crippen LogP contribution in [0, 0.1) is 12.7 Å². The van der Waals surface area contributed by atoms with Gasteiger partial charge >= 0.3 is 0 Å². The van der Waals surface area contributed by atoms with Gasteiger partial charge in [-0.2, -0.15) is 0 Å². The standard InChI is InChI=1S/C17H20FN/c1-3-11-19-17(14-7-5-4-6-8-14)16-10-9-15(18)12-13(16)2/h4-10,12,17,19H,3,11H2,1-2H3. The quantitative estimate of drug-likeness (QED) is 0.845. The molecule has 100 valence electrons. The Morgan fingerprint density at radius 3 is 2.47 bits per heavy atom. The van der Waals surface area contributed by atoms with Crippen LogP contribution in [0.4, 0.5) is 4.39 Å². The third-order valence-corrected chi connectivity index (χ3v) is 3.27. The van der Waals surface area contributed by atoms with E-state index in [4.69, 9.17) is 0 Å². The predicted octanol–water partition coefficient (Wildman–Crippen LogP) is 4.22. The Hall–Kier alpha value is -1.67. The van der Waals surface area contributed by atoms with Gasteiger partial charge in [-0.25, -0.2) is 4.39 Å². The molecule has 1 unspecified atom stereocenters. The first kappa shape index (κ1) is 13.8. The lowest BCUT2D eigenvalue weighted by atomic mass is 9.95. The zero-order chi connectivity index (χ0) is 13.7. The van der Waals surface area contributed by atoms with Crippen LogP contribution in [0.2, 0.25) is 0 Å². The van der Waals surface area contributed by atoms with Crippen molar-refractivity contribution in [3.63, 3.8) is 0 Å². The largest absolute Gasteiger partial charge is 0.306 e. The smallest absolute Gasteiger partial charge is 0.123 e. The lowest BCUT2D eigenvalue weighted by Gasteiger charge is -2.21. The summed E-state index contributed by atoms with van der Waals surface area (Å²) in [4.78, 5) is 0. The first-order valence-corrected chi connectivity index (χ1v) is 6.76. The van der Waals surface area contributed by atoms with Gasteiger partial charge in [-0.05, 0) is 48.7 Å². The molecule has 19 heavy (non-hydrogen) atoms. The Bertz CT molecular complexity index is 522. The number of hydrogen-bond acceptors (Lipinski definition) is 1. The van der Waals surface area contributed by atoms with Crippen LogP contribution in [0.5, 0.6) is 0 Å². The summed E-state index contributed by atoms with van der Waals surface area (Å²) < 4.78 is 13.2. The van der Waals surface area contributed by atoms with E-state index in [1.54, 1.807) is 6.07 Å². The minimum Gasteiger partial charge on any atom is -0.306 e. The average molecular weight is 257 g/mol. The van der Waals surface area contributed by atoms with Crippen molar-refractivity contribution < 1.29 is 4.39 Å². The maximum Gasteiger partial charge on any atom is 0.123 e. The summed E-state index contributed by atoms with van der Waals surface area (Å²) in [6, 6.07) is 15.4. The topological polar surface area (TPSA) is 12.0 Å². The van der Waals surface area contributed by atoms with E-state index in [0.29, 0.717) is 0 Å². The fourth-order valence-electron chi connectivity index (χ4n) is 2.30. The molecule has 0 amide bonds. The lowest BCUT2D eigenvalue weighted by molar-refractivity contribution is 0.590. The van der Waals surface area contributed by atoms with Crippen molar-refractivity contribution in [2.45, 2.75) is 26.3 Å². The summed E-state index contributed by atoms with van der Waals surface area (Å²) in [6.07, 6.45) is 1.07. The van der Waals surface area contributed by atoms with Gasteiger partial charge in [0.05, 0.1) is 6.04 Å². The van der Waals surface area contributed by atoms with E-state index in [2.05, 4.69) is 24.4 Å². The molecule has 2 heteroatoms. The van der Waals surface area contributed by atoms with E-state index in [-0.39, 0.29) is 11.9 Å². The lowest BCUT2D eigenvalue weighted by Crippen LogP contribution is -2.23. The third-order valence-electron chi connectivity index (χ3n) is 3.27. The first-order valence-electron chi connectivity index (χ1n) is 6.76. The highest BCUT2D eigenvalue weighted by Gasteiger charge is 2.15. The van der Waals surface area contributed by atoms with Gasteiger partial charge in [-0.3, -0.25) is 0 Å². The second-order valence-electron chi connectivity index (χ2n) is 4.80. The third kappa shape index (κ3) is 3.42. The summed E-state index contributed by atoms with van der Waals surface area (Å²) >= 11 is 0. The second kappa shape index (κ2) is 6.48. The summed E-state index contributed by atoms with van der Waals surface area (Å²) in [6.45, 7) is 5.05. The van der Waals surface area contributed by atoms with Crippen LogP contribution in [-0.2, 0) is 0 Å². The fraction of sp³-hybridized carbons (Fsp3) is 0.294. The number of halogens is 1. The molecule has 0 aliphatic heterocycles. The molecule has 0 aliphatic rings. The molecule has 0 bridgehead atoms. The van der Waals surface area contributed by atoms with Gasteiger partial charge in [0.25, 0.3) is 0 Å². The van der Waals surface area contributed by atoms with Crippen molar-refractivity contribution in [1.29, 1.82) is 0 Å². The van der Waals surface area contributed by atoms with E-state index >= 15 is 0 Å². The molecule has 0 saturated heterocycles. The zero-order valence-corrected chi connectivity index (χ0v) is 11.5. The number of benzene rings is 2. The van der Waals surface area contributed by atoms with Crippen molar-refractivity contribution in [3.8, 4) is 0 Å². The molecular formula is C17H20FN. The monoisotopic (exact) mass is 257 g/mol. The van der Waals surface area contributed by atoms with E-state index in [1.807, 2.05) is 31.2 Å². The van der Waals surface area contributed by atoms with Crippen LogP contribution in [0.25, 0.3) is 0 Å². The molecule has 0 heterocycles. The van der Waals surface area contributed by atoms with Crippen molar-refractivity contribution in [2.75, 3.05) is 6.54 Å². The molecule has 2 aromatic rings. The molecule has 1 nitrogen and oxygen atoms in total. The Morgan fingerprint density at radius 2 is 1.84 bits per heavy atom. The van der Waals surface area contributed by atoms with Crippen LogP contribution < -0.4 is 5.32 Å². The Labute approximate surface area is 114 Å². The van der Waals surface area contributed by atoms with Crippen LogP contribution in [0.15, 0.2) is 48.5 Å². The maximum atomic E-state index is 13.2. The summed E-state index contributed by atoms with van der Waals surface area (Å²) in [7, 11) is 0. The van der Waals surface area contributed by atoms with Gasteiger partial charge < -0.3 is 5.32 Å². The molecule has 1 N–H and O–H groups in total. The predicted molar refractivity (Wildman–Crippen MR) is 77.7 cm³/mol. The highest BCUT2D eigenvalue weighted by molar-refractivity contribution is 5.37. The molecule has 2 rings (SSSR count). The molecule has 1 atom stereocenters. The number of aryl methyl sites for hydroxylation is 1. The summed E-state index contributed by atoms with van der Waals surface area (Å²) in [5, 5.41) is 3.54. The molecule has 0 radical (unpaired) electrons. The van der Waals surface area contributed by atoms with Crippen LogP contribution in [0.1, 0.15) is 36.1 Å². The van der Waals surface area contributed by atoms with E-state index in [9.17, 15) is 4.39 Å². The minimum atomic E-state index is -0.177. The normalized spacial score (nSPS) is 12.4. The molecular weight excluding hydrogens is 237 g/mol. The summed E-state index contributed by atoms with van der Waals surface area (Å²) in [5.74, 6) is -0.177. The SMILES string of the molecule is CCCNC(c1ccccc1)c1ccc(F)cc1C. The molecule has 0 saturated carbocycles. The van der Waals surface area contributed by atoms with Gasteiger partial charge in [0, 0.05) is 0 Å². The van der Waals surface area contributed by atoms with Crippen molar-refractivity contribution >= 4 is 0 Å². The number of hydrogen-bond donors (Lipinski definition) is 1. The van der Waals surface area contributed by atoms with Crippen LogP contribution >= 0.6 is 0 Å².